The Morgan fingerprint density at radius 1 is 0.895 bits per heavy atom. The minimum atomic E-state index is 0.857. The quantitative estimate of drug-likeness (QED) is 0.619. The topological polar surface area (TPSA) is 9.23 Å². The molecule has 110 valence electrons. The first kappa shape index (κ1) is 15.1. The highest BCUT2D eigenvalue weighted by Crippen LogP contribution is 2.41. The van der Waals surface area contributed by atoms with E-state index in [4.69, 9.17) is 4.74 Å². The van der Waals surface area contributed by atoms with Crippen LogP contribution in [-0.2, 0) is 4.74 Å². The van der Waals surface area contributed by atoms with E-state index >= 15 is 0 Å². The van der Waals surface area contributed by atoms with Gasteiger partial charge in [0.1, 0.15) is 0 Å². The molecule has 0 aromatic carbocycles. The monoisotopic (exact) mass is 264 g/mol. The molecule has 0 aromatic heterocycles. The van der Waals surface area contributed by atoms with Crippen LogP contribution in [0.5, 0.6) is 0 Å². The summed E-state index contributed by atoms with van der Waals surface area (Å²) in [6, 6.07) is 0. The molecule has 1 heteroatoms. The van der Waals surface area contributed by atoms with Crippen LogP contribution in [0.1, 0.15) is 65.2 Å². The van der Waals surface area contributed by atoms with Crippen LogP contribution in [0.2, 0.25) is 0 Å². The van der Waals surface area contributed by atoms with Crippen LogP contribution in [0.4, 0.5) is 0 Å². The molecule has 0 bridgehead atoms. The average molecular weight is 264 g/mol. The zero-order valence-corrected chi connectivity index (χ0v) is 12.9. The Balaban J connectivity index is 1.68. The maximum Gasteiger partial charge on any atom is 0.0494 e. The van der Waals surface area contributed by atoms with Gasteiger partial charge in [-0.3, -0.25) is 0 Å². The van der Waals surface area contributed by atoms with Gasteiger partial charge in [0.05, 0.1) is 0 Å². The normalized spacial score (nSPS) is 36.7. The Bertz CT molecular complexity index is 255. The van der Waals surface area contributed by atoms with E-state index in [1.807, 2.05) is 0 Å². The van der Waals surface area contributed by atoms with E-state index in [1.54, 1.807) is 0 Å². The molecule has 2 aliphatic carbocycles. The molecule has 0 atom stereocenters. The predicted molar refractivity (Wildman–Crippen MR) is 82.2 cm³/mol. The molecule has 0 aliphatic heterocycles. The second-order valence-electron chi connectivity index (χ2n) is 6.64. The van der Waals surface area contributed by atoms with Gasteiger partial charge in [0.15, 0.2) is 0 Å². The second-order valence-corrected chi connectivity index (χ2v) is 6.64. The molecule has 2 aliphatic rings. The fourth-order valence-electron chi connectivity index (χ4n) is 4.19. The van der Waals surface area contributed by atoms with Gasteiger partial charge in [0.25, 0.3) is 0 Å². The van der Waals surface area contributed by atoms with Gasteiger partial charge in [0.2, 0.25) is 0 Å². The number of hydrogen-bond donors (Lipinski definition) is 0. The standard InChI is InChI=1S/C18H32O/c1-3-5-15-6-10-17(11-7-15)18-12-8-16(9-13-18)14-19-4-2/h3,5,15-18H,4,6-14H2,1-2H3/t15-,16-,17-,18-. The molecule has 2 saturated carbocycles. The van der Waals surface area contributed by atoms with Crippen LogP contribution >= 0.6 is 0 Å². The molecular weight excluding hydrogens is 232 g/mol. The molecule has 0 amide bonds. The maximum atomic E-state index is 5.59. The minimum absolute atomic E-state index is 0.857. The summed E-state index contributed by atoms with van der Waals surface area (Å²) in [6.45, 7) is 6.16. The second kappa shape index (κ2) is 8.09. The lowest BCUT2D eigenvalue weighted by molar-refractivity contribution is 0.0727. The largest absolute Gasteiger partial charge is 0.381 e. The van der Waals surface area contributed by atoms with Crippen molar-refractivity contribution in [1.82, 2.24) is 0 Å². The van der Waals surface area contributed by atoms with E-state index in [1.165, 1.54) is 51.4 Å². The van der Waals surface area contributed by atoms with Crippen LogP contribution in [-0.4, -0.2) is 13.2 Å². The van der Waals surface area contributed by atoms with Gasteiger partial charge in [-0.25, -0.2) is 0 Å². The van der Waals surface area contributed by atoms with Crippen molar-refractivity contribution in [2.45, 2.75) is 65.2 Å². The molecule has 2 rings (SSSR count). The van der Waals surface area contributed by atoms with Crippen molar-refractivity contribution in [3.63, 3.8) is 0 Å². The molecule has 0 radical (unpaired) electrons. The highest BCUT2D eigenvalue weighted by Gasteiger charge is 2.30. The summed E-state index contributed by atoms with van der Waals surface area (Å²) < 4.78 is 5.59. The lowest BCUT2D eigenvalue weighted by Gasteiger charge is -2.37. The summed E-state index contributed by atoms with van der Waals surface area (Å²) in [5.41, 5.74) is 0. The van der Waals surface area contributed by atoms with E-state index in [0.29, 0.717) is 0 Å². The third-order valence-electron chi connectivity index (χ3n) is 5.40. The highest BCUT2D eigenvalue weighted by atomic mass is 16.5. The summed E-state index contributed by atoms with van der Waals surface area (Å²) in [4.78, 5) is 0. The maximum absolute atomic E-state index is 5.59. The number of ether oxygens (including phenoxy) is 1. The van der Waals surface area contributed by atoms with Crippen molar-refractivity contribution in [1.29, 1.82) is 0 Å². The number of rotatable bonds is 5. The zero-order chi connectivity index (χ0) is 13.5. The highest BCUT2D eigenvalue weighted by molar-refractivity contribution is 4.90. The molecule has 0 heterocycles. The Kier molecular flexibility index (Phi) is 6.43. The first-order valence-electron chi connectivity index (χ1n) is 8.54. The Hall–Kier alpha value is -0.300. The summed E-state index contributed by atoms with van der Waals surface area (Å²) in [6.07, 6.45) is 16.3. The van der Waals surface area contributed by atoms with Gasteiger partial charge < -0.3 is 4.74 Å². The van der Waals surface area contributed by atoms with E-state index in [-0.39, 0.29) is 0 Å². The molecule has 0 unspecified atom stereocenters. The van der Waals surface area contributed by atoms with E-state index in [2.05, 4.69) is 26.0 Å². The van der Waals surface area contributed by atoms with Gasteiger partial charge in [0, 0.05) is 13.2 Å². The SMILES string of the molecule is CC=C[C@H]1CC[C@H]([C@H]2CC[C@H](COCC)CC2)CC1. The van der Waals surface area contributed by atoms with Crippen LogP contribution in [0.15, 0.2) is 12.2 Å². The molecule has 0 N–H and O–H groups in total. The van der Waals surface area contributed by atoms with Crippen LogP contribution < -0.4 is 0 Å². The summed E-state index contributed by atoms with van der Waals surface area (Å²) >= 11 is 0. The van der Waals surface area contributed by atoms with Crippen molar-refractivity contribution in [2.24, 2.45) is 23.7 Å². The Labute approximate surface area is 119 Å². The average Bonchev–Trinajstić information content (AvgIpc) is 2.47. The number of allylic oxidation sites excluding steroid dienone is 2. The van der Waals surface area contributed by atoms with Gasteiger partial charge >= 0.3 is 0 Å². The van der Waals surface area contributed by atoms with E-state index in [9.17, 15) is 0 Å². The molecule has 0 spiro atoms. The van der Waals surface area contributed by atoms with E-state index < -0.39 is 0 Å². The molecule has 0 saturated heterocycles. The van der Waals surface area contributed by atoms with Crippen molar-refractivity contribution in [3.05, 3.63) is 12.2 Å². The van der Waals surface area contributed by atoms with Gasteiger partial charge in [-0.15, -0.1) is 0 Å². The van der Waals surface area contributed by atoms with Gasteiger partial charge in [-0.05, 0) is 88.9 Å². The van der Waals surface area contributed by atoms with Crippen LogP contribution in [0, 0.1) is 23.7 Å². The fourth-order valence-corrected chi connectivity index (χ4v) is 4.19. The summed E-state index contributed by atoms with van der Waals surface area (Å²) in [5, 5.41) is 0. The van der Waals surface area contributed by atoms with Crippen molar-refractivity contribution in [2.75, 3.05) is 13.2 Å². The minimum Gasteiger partial charge on any atom is -0.381 e. The lowest BCUT2D eigenvalue weighted by atomic mass is 9.69. The molecular formula is C18H32O. The lowest BCUT2D eigenvalue weighted by Crippen LogP contribution is -2.26. The fraction of sp³-hybridized carbons (Fsp3) is 0.889. The molecule has 19 heavy (non-hydrogen) atoms. The van der Waals surface area contributed by atoms with Crippen LogP contribution in [0.3, 0.4) is 0 Å². The number of hydrogen-bond acceptors (Lipinski definition) is 1. The first-order valence-corrected chi connectivity index (χ1v) is 8.54. The summed E-state index contributed by atoms with van der Waals surface area (Å²) in [5.74, 6) is 3.81. The third-order valence-corrected chi connectivity index (χ3v) is 5.40. The van der Waals surface area contributed by atoms with Crippen LogP contribution in [0.25, 0.3) is 0 Å². The van der Waals surface area contributed by atoms with Crippen molar-refractivity contribution < 1.29 is 4.74 Å². The van der Waals surface area contributed by atoms with Gasteiger partial charge in [-0.2, -0.15) is 0 Å². The van der Waals surface area contributed by atoms with Crippen molar-refractivity contribution >= 4 is 0 Å². The Morgan fingerprint density at radius 2 is 1.47 bits per heavy atom. The molecule has 2 fully saturated rings. The van der Waals surface area contributed by atoms with Gasteiger partial charge in [-0.1, -0.05) is 12.2 Å². The predicted octanol–water partition coefficient (Wildman–Crippen LogP) is 5.21. The van der Waals surface area contributed by atoms with E-state index in [0.717, 1.165) is 36.9 Å². The van der Waals surface area contributed by atoms with Crippen molar-refractivity contribution in [3.8, 4) is 0 Å². The Morgan fingerprint density at radius 3 is 2.00 bits per heavy atom. The first-order chi connectivity index (χ1) is 9.33. The molecule has 0 aromatic rings. The smallest absolute Gasteiger partial charge is 0.0494 e. The summed E-state index contributed by atoms with van der Waals surface area (Å²) in [7, 11) is 0. The zero-order valence-electron chi connectivity index (χ0n) is 12.9. The third kappa shape index (κ3) is 4.63. The molecule has 1 nitrogen and oxygen atoms in total.